The molecule has 5 rings (SSSR count). The molecular formula is C25H14N8O3S4. The lowest BCUT2D eigenvalue weighted by atomic mass is 10.0. The monoisotopic (exact) mass is 602 g/mol. The Kier molecular flexibility index (Phi) is 7.07. The molecule has 0 aromatic carbocycles. The summed E-state index contributed by atoms with van der Waals surface area (Å²) in [4.78, 5) is 21.0. The van der Waals surface area contributed by atoms with Crippen molar-refractivity contribution >= 4 is 66.8 Å². The van der Waals surface area contributed by atoms with Crippen LogP contribution in [0.2, 0.25) is 0 Å². The molecule has 15 heteroatoms. The van der Waals surface area contributed by atoms with Gasteiger partial charge in [-0.3, -0.25) is 0 Å². The van der Waals surface area contributed by atoms with Gasteiger partial charge in [-0.1, -0.05) is 0 Å². The van der Waals surface area contributed by atoms with Crippen LogP contribution in [0, 0.1) is 45.3 Å². The number of aromatic nitrogens is 2. The minimum atomic E-state index is -0.786. The Bertz CT molecular complexity index is 1860. The molecule has 0 aliphatic carbocycles. The highest BCUT2D eigenvalue weighted by Crippen LogP contribution is 2.56. The number of ether oxygens (including phenoxy) is 3. The van der Waals surface area contributed by atoms with Crippen molar-refractivity contribution in [3.63, 3.8) is 0 Å². The predicted octanol–water partition coefficient (Wildman–Crippen LogP) is 6.61. The van der Waals surface area contributed by atoms with Crippen molar-refractivity contribution in [3.8, 4) is 71.2 Å². The highest BCUT2D eigenvalue weighted by Gasteiger charge is 2.40. The van der Waals surface area contributed by atoms with E-state index in [-0.39, 0.29) is 11.4 Å². The van der Waals surface area contributed by atoms with E-state index in [1.54, 1.807) is 36.4 Å². The number of rotatable bonds is 6. The van der Waals surface area contributed by atoms with E-state index >= 15 is 0 Å². The van der Waals surface area contributed by atoms with Crippen LogP contribution in [-0.4, -0.2) is 35.6 Å². The van der Waals surface area contributed by atoms with Crippen LogP contribution in [0.1, 0.15) is 19.5 Å². The number of thiazole rings is 2. The van der Waals surface area contributed by atoms with Gasteiger partial charge >= 0.3 is 0 Å². The Morgan fingerprint density at radius 1 is 0.750 bits per heavy atom. The molecular weight excluding hydrogens is 589 g/mol. The van der Waals surface area contributed by atoms with Gasteiger partial charge in [0.15, 0.2) is 0 Å². The SMILES string of the molecule is COc1cc(N=C(C#N)C#N)sc1-c1nc2c(s1)-c1sc(-c3sc(N=C(C#N)C#N)cc3OC)nc1C(C)(C)O2. The summed E-state index contributed by atoms with van der Waals surface area (Å²) in [6.07, 6.45) is 0. The lowest BCUT2D eigenvalue weighted by molar-refractivity contribution is 0.0964. The zero-order valence-electron chi connectivity index (χ0n) is 21.1. The van der Waals surface area contributed by atoms with Crippen LogP contribution >= 0.6 is 45.3 Å². The first kappa shape index (κ1) is 26.9. The van der Waals surface area contributed by atoms with Crippen molar-refractivity contribution in [2.45, 2.75) is 19.4 Å². The fourth-order valence-electron chi connectivity index (χ4n) is 3.69. The quantitative estimate of drug-likeness (QED) is 0.220. The minimum absolute atomic E-state index is 0.250. The van der Waals surface area contributed by atoms with Gasteiger partial charge < -0.3 is 14.2 Å². The zero-order valence-corrected chi connectivity index (χ0v) is 24.4. The summed E-state index contributed by atoms with van der Waals surface area (Å²) in [6, 6.07) is 10.4. The molecule has 0 N–H and O–H groups in total. The van der Waals surface area contributed by atoms with Gasteiger partial charge in [0.05, 0.1) is 19.1 Å². The van der Waals surface area contributed by atoms with Gasteiger partial charge in [0, 0.05) is 12.1 Å². The van der Waals surface area contributed by atoms with Crippen molar-refractivity contribution < 1.29 is 14.2 Å². The number of thiophene rings is 2. The van der Waals surface area contributed by atoms with Gasteiger partial charge in [0.1, 0.15) is 81.7 Å². The molecule has 0 saturated heterocycles. The number of aliphatic imine (C=N–C) groups is 2. The van der Waals surface area contributed by atoms with Crippen molar-refractivity contribution in [2.75, 3.05) is 14.2 Å². The molecule has 4 aromatic rings. The number of nitriles is 4. The molecule has 0 atom stereocenters. The molecule has 0 spiro atoms. The standard InChI is InChI=1S/C25H14N8O3S4/c1-25(2)21-19(39-23(32-21)17-13(34-3)5-15(37-17)30-11(7-26)8-27)20-22(36-25)33-24(40-20)18-14(35-4)6-16(38-18)31-12(9-28)10-29/h5-6H,1-4H3. The predicted molar refractivity (Wildman–Crippen MR) is 153 cm³/mol. The van der Waals surface area contributed by atoms with Gasteiger partial charge in [0.2, 0.25) is 17.3 Å². The molecule has 0 bridgehead atoms. The summed E-state index contributed by atoms with van der Waals surface area (Å²) >= 11 is 5.38. The van der Waals surface area contributed by atoms with Gasteiger partial charge in [-0.15, -0.1) is 45.3 Å². The summed E-state index contributed by atoms with van der Waals surface area (Å²) < 4.78 is 17.4. The minimum Gasteiger partial charge on any atom is -0.495 e. The van der Waals surface area contributed by atoms with E-state index in [2.05, 4.69) is 9.98 Å². The second-order valence-corrected chi connectivity index (χ2v) is 12.4. The maximum atomic E-state index is 9.08. The third-order valence-corrected chi connectivity index (χ3v) is 10.0. The smallest absolute Gasteiger partial charge is 0.235 e. The summed E-state index contributed by atoms with van der Waals surface area (Å²) in [5, 5.41) is 38.5. The van der Waals surface area contributed by atoms with E-state index in [1.165, 1.54) is 59.6 Å². The Balaban J connectivity index is 1.61. The van der Waals surface area contributed by atoms with Crippen LogP contribution in [0.5, 0.6) is 17.4 Å². The highest BCUT2D eigenvalue weighted by atomic mass is 32.1. The fourth-order valence-corrected chi connectivity index (χ4v) is 8.19. The van der Waals surface area contributed by atoms with Gasteiger partial charge in [-0.05, 0) is 13.8 Å². The first-order chi connectivity index (χ1) is 19.2. The fraction of sp³-hybridized carbons (Fsp3) is 0.200. The van der Waals surface area contributed by atoms with Crippen LogP contribution in [0.4, 0.5) is 10.0 Å². The summed E-state index contributed by atoms with van der Waals surface area (Å²) in [6.45, 7) is 3.82. The first-order valence-electron chi connectivity index (χ1n) is 11.1. The van der Waals surface area contributed by atoms with Gasteiger partial charge in [0.25, 0.3) is 0 Å². The van der Waals surface area contributed by atoms with Crippen molar-refractivity contribution in [1.82, 2.24) is 9.97 Å². The molecule has 11 nitrogen and oxygen atoms in total. The Hall–Kier alpha value is -4.64. The maximum absolute atomic E-state index is 9.08. The maximum Gasteiger partial charge on any atom is 0.235 e. The lowest BCUT2D eigenvalue weighted by Crippen LogP contribution is -2.29. The number of hydrogen-bond donors (Lipinski definition) is 0. The van der Waals surface area contributed by atoms with Crippen LogP contribution < -0.4 is 14.2 Å². The van der Waals surface area contributed by atoms with E-state index in [0.717, 1.165) is 15.4 Å². The average Bonchev–Trinajstić information content (AvgIpc) is 3.73. The summed E-state index contributed by atoms with van der Waals surface area (Å²) in [7, 11) is 3.06. The van der Waals surface area contributed by atoms with E-state index in [0.29, 0.717) is 47.2 Å². The van der Waals surface area contributed by atoms with Gasteiger partial charge in [-0.2, -0.15) is 21.0 Å². The normalized spacial score (nSPS) is 12.3. The molecule has 0 saturated carbocycles. The molecule has 40 heavy (non-hydrogen) atoms. The number of hydrogen-bond acceptors (Lipinski definition) is 15. The van der Waals surface area contributed by atoms with Crippen LogP contribution in [0.15, 0.2) is 22.1 Å². The van der Waals surface area contributed by atoms with E-state index < -0.39 is 5.60 Å². The number of fused-ring (bicyclic) bond motifs is 3. The third-order valence-electron chi connectivity index (χ3n) is 5.42. The van der Waals surface area contributed by atoms with Crippen molar-refractivity contribution in [2.24, 2.45) is 9.98 Å². The topological polar surface area (TPSA) is 173 Å². The molecule has 1 aliphatic rings. The Labute approximate surface area is 243 Å². The number of methoxy groups -OCH3 is 2. The van der Waals surface area contributed by atoms with Gasteiger partial charge in [-0.25, -0.2) is 20.0 Å². The Morgan fingerprint density at radius 2 is 1.23 bits per heavy atom. The zero-order chi connectivity index (χ0) is 28.6. The molecule has 0 amide bonds. The third kappa shape index (κ3) is 4.68. The molecule has 1 aliphatic heterocycles. The van der Waals surface area contributed by atoms with Crippen LogP contribution in [0.25, 0.3) is 29.5 Å². The number of nitrogens with zero attached hydrogens (tertiary/aromatic N) is 8. The second kappa shape index (κ2) is 10.5. The summed E-state index contributed by atoms with van der Waals surface area (Å²) in [5.41, 5.74) is -0.553. The average molecular weight is 603 g/mol. The lowest BCUT2D eigenvalue weighted by Gasteiger charge is -2.28. The molecule has 0 fully saturated rings. The largest absolute Gasteiger partial charge is 0.495 e. The van der Waals surface area contributed by atoms with E-state index in [4.69, 9.17) is 45.2 Å². The van der Waals surface area contributed by atoms with Crippen molar-refractivity contribution in [1.29, 1.82) is 21.0 Å². The van der Waals surface area contributed by atoms with Crippen LogP contribution in [0.3, 0.4) is 0 Å². The molecule has 0 unspecified atom stereocenters. The highest BCUT2D eigenvalue weighted by molar-refractivity contribution is 7.29. The van der Waals surface area contributed by atoms with Crippen LogP contribution in [-0.2, 0) is 5.60 Å². The molecule has 196 valence electrons. The molecule has 4 aromatic heterocycles. The Morgan fingerprint density at radius 3 is 1.70 bits per heavy atom. The summed E-state index contributed by atoms with van der Waals surface area (Å²) in [5.74, 6) is 1.50. The first-order valence-corrected chi connectivity index (χ1v) is 14.4. The molecule has 0 radical (unpaired) electrons. The second-order valence-electron chi connectivity index (χ2n) is 8.29. The molecule has 5 heterocycles. The van der Waals surface area contributed by atoms with E-state index in [9.17, 15) is 0 Å². The van der Waals surface area contributed by atoms with Crippen molar-refractivity contribution in [3.05, 3.63) is 17.8 Å². The van der Waals surface area contributed by atoms with E-state index in [1.807, 2.05) is 13.8 Å².